The average Bonchev–Trinajstić information content (AvgIpc) is 2.38. The van der Waals surface area contributed by atoms with Gasteiger partial charge in [-0.05, 0) is 24.4 Å². The Bertz CT molecular complexity index is 293. The zero-order chi connectivity index (χ0) is 11.2. The maximum Gasteiger partial charge on any atom is 0.184 e. The van der Waals surface area contributed by atoms with E-state index in [1.807, 2.05) is 0 Å². The van der Waals surface area contributed by atoms with E-state index < -0.39 is 9.04 Å². The highest BCUT2D eigenvalue weighted by Crippen LogP contribution is 2.29. The fourth-order valence-corrected chi connectivity index (χ4v) is 5.98. The van der Waals surface area contributed by atoms with Crippen molar-refractivity contribution >= 4 is 9.04 Å². The van der Waals surface area contributed by atoms with Gasteiger partial charge in [-0.25, -0.2) is 0 Å². The van der Waals surface area contributed by atoms with Gasteiger partial charge in [-0.3, -0.25) is 0 Å². The molecule has 0 aliphatic carbocycles. The fourth-order valence-electron chi connectivity index (χ4n) is 2.66. The lowest BCUT2D eigenvalue weighted by atomic mass is 10.1. The number of rotatable bonds is 4. The normalized spacial score (nSPS) is 22.9. The van der Waals surface area contributed by atoms with E-state index in [2.05, 4.69) is 37.3 Å². The zero-order valence-corrected chi connectivity index (χ0v) is 11.3. The summed E-state index contributed by atoms with van der Waals surface area (Å²) in [5.74, 6) is 0. The molecule has 0 bridgehead atoms. The molecule has 0 radical (unpaired) electrons. The van der Waals surface area contributed by atoms with E-state index in [1.54, 1.807) is 0 Å². The highest BCUT2D eigenvalue weighted by atomic mass is 28.3. The van der Waals surface area contributed by atoms with Gasteiger partial charge in [-0.1, -0.05) is 50.1 Å². The van der Waals surface area contributed by atoms with Crippen LogP contribution in [0, 0.1) is 0 Å². The van der Waals surface area contributed by atoms with Crippen molar-refractivity contribution in [1.29, 1.82) is 0 Å². The third-order valence-corrected chi connectivity index (χ3v) is 6.75. The Morgan fingerprint density at radius 2 is 2.06 bits per heavy atom. The van der Waals surface area contributed by atoms with Crippen LogP contribution in [0.1, 0.15) is 43.7 Å². The largest absolute Gasteiger partial charge is 0.419 e. The Labute approximate surface area is 101 Å². The second-order valence-corrected chi connectivity index (χ2v) is 7.50. The molecule has 1 heterocycles. The molecule has 1 saturated heterocycles. The number of hydrogen-bond acceptors (Lipinski definition) is 1. The van der Waals surface area contributed by atoms with Gasteiger partial charge in [0, 0.05) is 12.1 Å². The van der Waals surface area contributed by atoms with Gasteiger partial charge < -0.3 is 4.43 Å². The van der Waals surface area contributed by atoms with Crippen molar-refractivity contribution in [3.05, 3.63) is 35.9 Å². The van der Waals surface area contributed by atoms with Gasteiger partial charge >= 0.3 is 0 Å². The van der Waals surface area contributed by atoms with Gasteiger partial charge in [-0.15, -0.1) is 0 Å². The van der Waals surface area contributed by atoms with Crippen LogP contribution in [0.3, 0.4) is 0 Å². The molecule has 2 unspecified atom stereocenters. The second-order valence-electron chi connectivity index (χ2n) is 4.71. The topological polar surface area (TPSA) is 9.23 Å². The quantitative estimate of drug-likeness (QED) is 0.723. The zero-order valence-electron chi connectivity index (χ0n) is 10.2. The molecule has 0 spiro atoms. The lowest BCUT2D eigenvalue weighted by molar-refractivity contribution is 0.278. The maximum atomic E-state index is 6.09. The summed E-state index contributed by atoms with van der Waals surface area (Å²) in [5.41, 5.74) is 2.26. The maximum absolute atomic E-state index is 6.09. The summed E-state index contributed by atoms with van der Waals surface area (Å²) < 4.78 is 6.09. The summed E-state index contributed by atoms with van der Waals surface area (Å²) >= 11 is 0. The van der Waals surface area contributed by atoms with Crippen LogP contribution >= 0.6 is 0 Å². The third-order valence-electron chi connectivity index (χ3n) is 3.49. The molecule has 1 aromatic carbocycles. The van der Waals surface area contributed by atoms with E-state index in [1.165, 1.54) is 37.3 Å². The summed E-state index contributed by atoms with van der Waals surface area (Å²) in [5, 5.41) is 0. The SMILES string of the molecule is CCCC(c1ccccc1)[SiH]1CCCCO1. The van der Waals surface area contributed by atoms with E-state index in [4.69, 9.17) is 4.43 Å². The van der Waals surface area contributed by atoms with Crippen LogP contribution in [0.5, 0.6) is 0 Å². The van der Waals surface area contributed by atoms with E-state index in [9.17, 15) is 0 Å². The van der Waals surface area contributed by atoms with Crippen molar-refractivity contribution in [3.63, 3.8) is 0 Å². The third kappa shape index (κ3) is 2.95. The predicted molar refractivity (Wildman–Crippen MR) is 71.2 cm³/mol. The smallest absolute Gasteiger partial charge is 0.184 e. The molecule has 2 rings (SSSR count). The van der Waals surface area contributed by atoms with Crippen molar-refractivity contribution in [2.45, 2.75) is 44.2 Å². The molecular weight excluding hydrogens is 212 g/mol. The molecule has 1 aromatic rings. The first-order chi connectivity index (χ1) is 7.92. The van der Waals surface area contributed by atoms with Crippen LogP contribution < -0.4 is 0 Å². The van der Waals surface area contributed by atoms with Crippen molar-refractivity contribution in [3.8, 4) is 0 Å². The summed E-state index contributed by atoms with van der Waals surface area (Å²) in [6.45, 7) is 3.30. The summed E-state index contributed by atoms with van der Waals surface area (Å²) in [7, 11) is -0.985. The van der Waals surface area contributed by atoms with Gasteiger partial charge in [0.1, 0.15) is 0 Å². The van der Waals surface area contributed by atoms with Gasteiger partial charge in [0.2, 0.25) is 0 Å². The Kier molecular flexibility index (Phi) is 4.61. The fraction of sp³-hybridized carbons (Fsp3) is 0.571. The second kappa shape index (κ2) is 6.21. The molecule has 0 N–H and O–H groups in total. The predicted octanol–water partition coefficient (Wildman–Crippen LogP) is 3.64. The van der Waals surface area contributed by atoms with E-state index >= 15 is 0 Å². The molecule has 2 atom stereocenters. The summed E-state index contributed by atoms with van der Waals surface area (Å²) in [6, 6.07) is 12.4. The van der Waals surface area contributed by atoms with Crippen LogP contribution in [0.2, 0.25) is 6.04 Å². The molecule has 0 saturated carbocycles. The average molecular weight is 234 g/mol. The summed E-state index contributed by atoms with van der Waals surface area (Å²) in [6.07, 6.45) is 5.24. The highest BCUT2D eigenvalue weighted by Gasteiger charge is 2.27. The van der Waals surface area contributed by atoms with Gasteiger partial charge in [0.05, 0.1) is 0 Å². The molecule has 2 heteroatoms. The minimum Gasteiger partial charge on any atom is -0.419 e. The molecule has 0 aromatic heterocycles. The number of hydrogen-bond donors (Lipinski definition) is 0. The first kappa shape index (κ1) is 11.9. The molecule has 1 fully saturated rings. The molecular formula is C14H22OSi. The summed E-state index contributed by atoms with van der Waals surface area (Å²) in [4.78, 5) is 0. The Balaban J connectivity index is 2.09. The molecule has 1 aliphatic heterocycles. The molecule has 0 amide bonds. The van der Waals surface area contributed by atoms with Crippen LogP contribution in [-0.2, 0) is 4.43 Å². The van der Waals surface area contributed by atoms with E-state index in [0.717, 1.165) is 12.1 Å². The van der Waals surface area contributed by atoms with Crippen LogP contribution in [-0.4, -0.2) is 15.6 Å². The van der Waals surface area contributed by atoms with Gasteiger partial charge in [-0.2, -0.15) is 0 Å². The Hall–Kier alpha value is -0.603. The van der Waals surface area contributed by atoms with Crippen LogP contribution in [0.4, 0.5) is 0 Å². The Morgan fingerprint density at radius 3 is 2.69 bits per heavy atom. The van der Waals surface area contributed by atoms with Crippen molar-refractivity contribution in [1.82, 2.24) is 0 Å². The highest BCUT2D eigenvalue weighted by molar-refractivity contribution is 6.53. The van der Waals surface area contributed by atoms with Crippen molar-refractivity contribution in [2.24, 2.45) is 0 Å². The minimum absolute atomic E-state index is 0.742. The standard InChI is InChI=1S/C14H22OSi/c1-2-8-14(13-9-4-3-5-10-13)16-12-7-6-11-15-16/h3-5,9-10,14,16H,2,6-8,11-12H2,1H3. The Morgan fingerprint density at radius 1 is 1.25 bits per heavy atom. The first-order valence-corrected chi connectivity index (χ1v) is 8.54. The lowest BCUT2D eigenvalue weighted by Crippen LogP contribution is -2.31. The molecule has 1 aliphatic rings. The van der Waals surface area contributed by atoms with Crippen molar-refractivity contribution < 1.29 is 4.43 Å². The van der Waals surface area contributed by atoms with Crippen LogP contribution in [0.25, 0.3) is 0 Å². The molecule has 16 heavy (non-hydrogen) atoms. The van der Waals surface area contributed by atoms with Crippen molar-refractivity contribution in [2.75, 3.05) is 6.61 Å². The lowest BCUT2D eigenvalue weighted by Gasteiger charge is -2.29. The first-order valence-electron chi connectivity index (χ1n) is 6.58. The van der Waals surface area contributed by atoms with E-state index in [0.29, 0.717) is 0 Å². The monoisotopic (exact) mass is 234 g/mol. The molecule has 88 valence electrons. The van der Waals surface area contributed by atoms with E-state index in [-0.39, 0.29) is 0 Å². The van der Waals surface area contributed by atoms with Gasteiger partial charge in [0.25, 0.3) is 0 Å². The molecule has 1 nitrogen and oxygen atoms in total. The van der Waals surface area contributed by atoms with Gasteiger partial charge in [0.15, 0.2) is 9.04 Å². The minimum atomic E-state index is -0.985. The number of benzene rings is 1. The van der Waals surface area contributed by atoms with Crippen LogP contribution in [0.15, 0.2) is 30.3 Å².